The van der Waals surface area contributed by atoms with Gasteiger partial charge in [0.25, 0.3) is 0 Å². The fourth-order valence-electron chi connectivity index (χ4n) is 1.91. The highest BCUT2D eigenvalue weighted by atomic mass is 35.5. The van der Waals surface area contributed by atoms with Gasteiger partial charge < -0.3 is 9.67 Å². The molecule has 0 spiro atoms. The number of aryl methyl sites for hydroxylation is 1. The van der Waals surface area contributed by atoms with E-state index in [9.17, 15) is 18.3 Å². The van der Waals surface area contributed by atoms with Crippen LogP contribution in [0.2, 0.25) is 5.02 Å². The van der Waals surface area contributed by atoms with Crippen molar-refractivity contribution >= 4 is 34.3 Å². The van der Waals surface area contributed by atoms with E-state index in [4.69, 9.17) is 11.6 Å². The molecule has 2 aromatic rings. The normalized spacial score (nSPS) is 12.3. The molecule has 0 aliphatic rings. The molecule has 104 valence electrons. The summed E-state index contributed by atoms with van der Waals surface area (Å²) in [6.45, 7) is 0.0541. The van der Waals surface area contributed by atoms with Crippen molar-refractivity contribution in [2.24, 2.45) is 0 Å². The lowest BCUT2D eigenvalue weighted by Crippen LogP contribution is -2.06. The maximum atomic E-state index is 12.1. The Morgan fingerprint density at radius 3 is 2.68 bits per heavy atom. The summed E-state index contributed by atoms with van der Waals surface area (Å²) in [5.74, 6) is -0.0787. The first-order valence-electron chi connectivity index (χ1n) is 5.49. The molecule has 0 aliphatic heterocycles. The van der Waals surface area contributed by atoms with E-state index in [0.29, 0.717) is 10.6 Å². The third kappa shape index (κ3) is 3.58. The average Bonchev–Trinajstić information content (AvgIpc) is 2.65. The molecule has 0 aliphatic carbocycles. The number of hydrogen-bond acceptors (Lipinski definition) is 2. The summed E-state index contributed by atoms with van der Waals surface area (Å²) in [7, 11) is 0. The summed E-state index contributed by atoms with van der Waals surface area (Å²) in [5.41, 5.74) is -2.80. The van der Waals surface area contributed by atoms with Gasteiger partial charge in [-0.2, -0.15) is 13.2 Å². The predicted octanol–water partition coefficient (Wildman–Crippen LogP) is 4.04. The number of nitrogens with zero attached hydrogens (tertiary/aromatic N) is 1. The molecule has 0 radical (unpaired) electrons. The third-order valence-electron chi connectivity index (χ3n) is 2.70. The van der Waals surface area contributed by atoms with E-state index in [2.05, 4.69) is 0 Å². The lowest BCUT2D eigenvalue weighted by atomic mass is 10.2. The largest absolute Gasteiger partial charge is 0.441 e. The zero-order chi connectivity index (χ0) is 14.0. The van der Waals surface area contributed by atoms with Gasteiger partial charge in [0.2, 0.25) is 0 Å². The van der Waals surface area contributed by atoms with Crippen molar-refractivity contribution < 1.29 is 18.3 Å². The van der Waals surface area contributed by atoms with Gasteiger partial charge in [-0.3, -0.25) is 0 Å². The van der Waals surface area contributed by atoms with Crippen molar-refractivity contribution in [2.45, 2.75) is 18.7 Å². The SMILES string of the molecule is OCc1cn(CCSC(F)(F)F)c2cc(Cl)ccc12. The Hall–Kier alpha value is -0.850. The van der Waals surface area contributed by atoms with Gasteiger partial charge in [-0.05, 0) is 23.9 Å². The van der Waals surface area contributed by atoms with Crippen LogP contribution < -0.4 is 0 Å². The van der Waals surface area contributed by atoms with Gasteiger partial charge >= 0.3 is 5.51 Å². The average molecular weight is 310 g/mol. The van der Waals surface area contributed by atoms with E-state index in [1.54, 1.807) is 29.0 Å². The van der Waals surface area contributed by atoms with Crippen molar-refractivity contribution in [1.29, 1.82) is 0 Å². The Kier molecular flexibility index (Phi) is 4.32. The summed E-state index contributed by atoms with van der Waals surface area (Å²) >= 11 is 5.83. The van der Waals surface area contributed by atoms with Crippen molar-refractivity contribution in [2.75, 3.05) is 5.75 Å². The van der Waals surface area contributed by atoms with Gasteiger partial charge in [0, 0.05) is 40.0 Å². The van der Waals surface area contributed by atoms with Crippen LogP contribution >= 0.6 is 23.4 Å². The van der Waals surface area contributed by atoms with Crippen LogP contribution in [-0.4, -0.2) is 20.9 Å². The minimum absolute atomic E-state index is 0.0583. The standard InChI is InChI=1S/C12H11ClF3NOS/c13-9-1-2-10-8(7-18)6-17(11(10)5-9)3-4-19-12(14,15)16/h1-2,5-6,18H,3-4,7H2. The molecule has 0 unspecified atom stereocenters. The van der Waals surface area contributed by atoms with Crippen LogP contribution in [0.15, 0.2) is 24.4 Å². The number of alkyl halides is 3. The molecule has 1 heterocycles. The topological polar surface area (TPSA) is 25.2 Å². The second kappa shape index (κ2) is 5.64. The number of hydrogen-bond donors (Lipinski definition) is 1. The molecule has 1 N–H and O–H groups in total. The van der Waals surface area contributed by atoms with Crippen molar-refractivity contribution in [3.8, 4) is 0 Å². The summed E-state index contributed by atoms with van der Waals surface area (Å²) < 4.78 is 38.0. The Morgan fingerprint density at radius 1 is 1.32 bits per heavy atom. The molecule has 1 aromatic carbocycles. The van der Waals surface area contributed by atoms with Crippen LogP contribution in [0, 0.1) is 0 Å². The fraction of sp³-hybridized carbons (Fsp3) is 0.333. The first-order chi connectivity index (χ1) is 8.90. The Bertz CT molecular complexity index is 582. The number of aliphatic hydroxyl groups excluding tert-OH is 1. The van der Waals surface area contributed by atoms with E-state index in [-0.39, 0.29) is 30.7 Å². The van der Waals surface area contributed by atoms with E-state index >= 15 is 0 Å². The van der Waals surface area contributed by atoms with Crippen LogP contribution in [0.5, 0.6) is 0 Å². The number of aromatic nitrogens is 1. The number of halogens is 4. The fourth-order valence-corrected chi connectivity index (χ4v) is 2.60. The zero-order valence-electron chi connectivity index (χ0n) is 9.75. The molecule has 7 heteroatoms. The van der Waals surface area contributed by atoms with Crippen LogP contribution in [0.3, 0.4) is 0 Å². The number of fused-ring (bicyclic) bond motifs is 1. The predicted molar refractivity (Wildman–Crippen MR) is 71.4 cm³/mol. The Morgan fingerprint density at radius 2 is 2.05 bits per heavy atom. The van der Waals surface area contributed by atoms with Crippen molar-refractivity contribution in [3.63, 3.8) is 0 Å². The van der Waals surface area contributed by atoms with Crippen molar-refractivity contribution in [3.05, 3.63) is 35.0 Å². The molecule has 0 amide bonds. The maximum absolute atomic E-state index is 12.1. The van der Waals surface area contributed by atoms with E-state index in [1.165, 1.54) is 0 Å². The van der Waals surface area contributed by atoms with E-state index in [1.807, 2.05) is 0 Å². The monoisotopic (exact) mass is 309 g/mol. The molecule has 0 fully saturated rings. The van der Waals surface area contributed by atoms with Crippen LogP contribution in [0.1, 0.15) is 5.56 Å². The highest BCUT2D eigenvalue weighted by molar-refractivity contribution is 8.00. The van der Waals surface area contributed by atoms with Gasteiger partial charge in [0.1, 0.15) is 0 Å². The number of benzene rings is 1. The molecule has 0 atom stereocenters. The molecular weight excluding hydrogens is 299 g/mol. The van der Waals surface area contributed by atoms with E-state index < -0.39 is 5.51 Å². The summed E-state index contributed by atoms with van der Waals surface area (Å²) in [6, 6.07) is 5.14. The van der Waals surface area contributed by atoms with Gasteiger partial charge in [0.15, 0.2) is 0 Å². The first-order valence-corrected chi connectivity index (χ1v) is 6.86. The molecule has 0 bridgehead atoms. The van der Waals surface area contributed by atoms with E-state index in [0.717, 1.165) is 10.9 Å². The van der Waals surface area contributed by atoms with Gasteiger partial charge in [0.05, 0.1) is 6.61 Å². The second-order valence-corrected chi connectivity index (χ2v) is 5.56. The summed E-state index contributed by atoms with van der Waals surface area (Å²) in [5, 5.41) is 10.6. The maximum Gasteiger partial charge on any atom is 0.441 e. The van der Waals surface area contributed by atoms with Crippen LogP contribution in [0.25, 0.3) is 10.9 Å². The van der Waals surface area contributed by atoms with Gasteiger partial charge in [-0.1, -0.05) is 17.7 Å². The Labute approximate surface area is 117 Å². The lowest BCUT2D eigenvalue weighted by Gasteiger charge is -2.07. The van der Waals surface area contributed by atoms with Gasteiger partial charge in [-0.25, -0.2) is 0 Å². The summed E-state index contributed by atoms with van der Waals surface area (Å²) in [4.78, 5) is 0. The molecule has 2 nitrogen and oxygen atoms in total. The minimum atomic E-state index is -4.22. The smallest absolute Gasteiger partial charge is 0.392 e. The molecule has 2 rings (SSSR count). The molecular formula is C12H11ClF3NOS. The van der Waals surface area contributed by atoms with Crippen LogP contribution in [0.4, 0.5) is 13.2 Å². The number of rotatable bonds is 4. The third-order valence-corrected chi connectivity index (χ3v) is 3.64. The molecule has 1 aromatic heterocycles. The molecule has 0 saturated carbocycles. The molecule has 19 heavy (non-hydrogen) atoms. The highest BCUT2D eigenvalue weighted by Crippen LogP contribution is 2.31. The first kappa shape index (κ1) is 14.6. The number of thioether (sulfide) groups is 1. The quantitative estimate of drug-likeness (QED) is 0.922. The van der Waals surface area contributed by atoms with Gasteiger partial charge in [-0.15, -0.1) is 0 Å². The zero-order valence-corrected chi connectivity index (χ0v) is 11.3. The van der Waals surface area contributed by atoms with Crippen molar-refractivity contribution in [1.82, 2.24) is 4.57 Å². The summed E-state index contributed by atoms with van der Waals surface area (Å²) in [6.07, 6.45) is 1.66. The second-order valence-electron chi connectivity index (χ2n) is 3.96. The Balaban J connectivity index is 2.25. The number of aliphatic hydroxyl groups is 1. The minimum Gasteiger partial charge on any atom is -0.392 e. The lowest BCUT2D eigenvalue weighted by molar-refractivity contribution is -0.0328. The molecule has 0 saturated heterocycles. The van der Waals surface area contributed by atoms with Crippen LogP contribution in [-0.2, 0) is 13.2 Å². The highest BCUT2D eigenvalue weighted by Gasteiger charge is 2.27.